The van der Waals surface area contributed by atoms with Crippen LogP contribution < -0.4 is 5.32 Å². The number of rotatable bonds is 6. The highest BCUT2D eigenvalue weighted by Crippen LogP contribution is 2.34. The van der Waals surface area contributed by atoms with Crippen LogP contribution in [0.15, 0.2) is 12.4 Å². The predicted molar refractivity (Wildman–Crippen MR) is 76.9 cm³/mol. The van der Waals surface area contributed by atoms with Crippen molar-refractivity contribution in [2.75, 3.05) is 11.9 Å². The summed E-state index contributed by atoms with van der Waals surface area (Å²) in [6, 6.07) is 0.666. The average molecular weight is 249 g/mol. The first-order valence-electron chi connectivity index (χ1n) is 7.61. The highest BCUT2D eigenvalue weighted by Gasteiger charge is 2.22. The molecular weight excluding hydrogens is 222 g/mol. The number of nitrogens with zero attached hydrogens (tertiary/aromatic N) is 2. The molecule has 0 aromatic carbocycles. The van der Waals surface area contributed by atoms with Gasteiger partial charge in [0.05, 0.1) is 0 Å². The molecule has 0 amide bonds. The number of anilines is 1. The summed E-state index contributed by atoms with van der Waals surface area (Å²) < 4.78 is 2.36. The number of imidazole rings is 1. The van der Waals surface area contributed by atoms with Gasteiger partial charge in [-0.05, 0) is 38.0 Å². The van der Waals surface area contributed by atoms with Gasteiger partial charge < -0.3 is 9.88 Å². The van der Waals surface area contributed by atoms with E-state index in [1.54, 1.807) is 0 Å². The fraction of sp³-hybridized carbons (Fsp3) is 0.800. The molecule has 1 aromatic heterocycles. The minimum atomic E-state index is 0.666. The molecule has 0 atom stereocenters. The van der Waals surface area contributed by atoms with E-state index in [0.717, 1.165) is 18.4 Å². The van der Waals surface area contributed by atoms with E-state index in [1.807, 2.05) is 6.20 Å². The van der Waals surface area contributed by atoms with Crippen LogP contribution in [-0.4, -0.2) is 16.1 Å². The second kappa shape index (κ2) is 6.81. The number of hydrogen-bond donors (Lipinski definition) is 1. The topological polar surface area (TPSA) is 29.9 Å². The molecule has 1 aliphatic carbocycles. The van der Waals surface area contributed by atoms with Gasteiger partial charge in [-0.2, -0.15) is 0 Å². The normalized spacial score (nSPS) is 24.1. The Balaban J connectivity index is 1.90. The summed E-state index contributed by atoms with van der Waals surface area (Å²) in [5, 5.41) is 3.47. The molecule has 1 N–H and O–H groups in total. The fourth-order valence-corrected chi connectivity index (χ4v) is 2.95. The van der Waals surface area contributed by atoms with Crippen molar-refractivity contribution in [2.45, 2.75) is 64.8 Å². The standard InChI is InChI=1S/C15H27N3/c1-3-5-10-16-15-17-11-12-18(15)14-8-6-13(4-2)7-9-14/h11-14H,3-10H2,1-2H3,(H,16,17). The Morgan fingerprint density at radius 3 is 2.72 bits per heavy atom. The van der Waals surface area contributed by atoms with Crippen molar-refractivity contribution < 1.29 is 0 Å². The molecule has 1 saturated carbocycles. The number of nitrogens with one attached hydrogen (secondary N) is 1. The number of unbranched alkanes of at least 4 members (excludes halogenated alkanes) is 1. The van der Waals surface area contributed by atoms with Crippen molar-refractivity contribution >= 4 is 5.95 Å². The molecule has 0 radical (unpaired) electrons. The van der Waals surface area contributed by atoms with Crippen LogP contribution in [0.5, 0.6) is 0 Å². The van der Waals surface area contributed by atoms with Crippen molar-refractivity contribution in [3.63, 3.8) is 0 Å². The molecule has 2 rings (SSSR count). The summed E-state index contributed by atoms with van der Waals surface area (Å²) in [7, 11) is 0. The van der Waals surface area contributed by atoms with Gasteiger partial charge in [0.1, 0.15) is 0 Å². The van der Waals surface area contributed by atoms with Crippen molar-refractivity contribution in [1.29, 1.82) is 0 Å². The van der Waals surface area contributed by atoms with Crippen molar-refractivity contribution in [3.05, 3.63) is 12.4 Å². The van der Waals surface area contributed by atoms with Crippen LogP contribution in [0.3, 0.4) is 0 Å². The minimum absolute atomic E-state index is 0.666. The monoisotopic (exact) mass is 249 g/mol. The zero-order chi connectivity index (χ0) is 12.8. The molecule has 0 saturated heterocycles. The highest BCUT2D eigenvalue weighted by molar-refractivity contribution is 5.26. The quantitative estimate of drug-likeness (QED) is 0.764. The Kier molecular flexibility index (Phi) is 5.09. The molecular formula is C15H27N3. The summed E-state index contributed by atoms with van der Waals surface area (Å²) in [5.74, 6) is 2.03. The Hall–Kier alpha value is -0.990. The Morgan fingerprint density at radius 2 is 2.06 bits per heavy atom. The van der Waals surface area contributed by atoms with Gasteiger partial charge in [-0.15, -0.1) is 0 Å². The molecule has 3 heteroatoms. The zero-order valence-electron chi connectivity index (χ0n) is 11.9. The maximum absolute atomic E-state index is 4.45. The van der Waals surface area contributed by atoms with E-state index in [2.05, 4.69) is 34.9 Å². The largest absolute Gasteiger partial charge is 0.356 e. The first kappa shape index (κ1) is 13.4. The predicted octanol–water partition coefficient (Wildman–Crippen LogP) is 4.24. The Labute approximate surface area is 111 Å². The van der Waals surface area contributed by atoms with Gasteiger partial charge in [0.15, 0.2) is 0 Å². The molecule has 0 unspecified atom stereocenters. The molecule has 3 nitrogen and oxygen atoms in total. The van der Waals surface area contributed by atoms with Crippen LogP contribution in [0.1, 0.15) is 64.8 Å². The van der Waals surface area contributed by atoms with Crippen molar-refractivity contribution in [1.82, 2.24) is 9.55 Å². The van der Waals surface area contributed by atoms with Gasteiger partial charge in [0, 0.05) is 25.0 Å². The molecule has 0 bridgehead atoms. The summed E-state index contributed by atoms with van der Waals surface area (Å²) in [6.07, 6.45) is 13.3. The smallest absolute Gasteiger partial charge is 0.203 e. The number of hydrogen-bond acceptors (Lipinski definition) is 2. The second-order valence-electron chi connectivity index (χ2n) is 5.52. The van der Waals surface area contributed by atoms with E-state index in [0.29, 0.717) is 6.04 Å². The van der Waals surface area contributed by atoms with E-state index in [1.165, 1.54) is 44.9 Å². The third-order valence-corrected chi connectivity index (χ3v) is 4.27. The summed E-state index contributed by atoms with van der Waals surface area (Å²) >= 11 is 0. The van der Waals surface area contributed by atoms with Gasteiger partial charge in [0.25, 0.3) is 0 Å². The summed E-state index contributed by atoms with van der Waals surface area (Å²) in [6.45, 7) is 5.58. The van der Waals surface area contributed by atoms with Gasteiger partial charge in [-0.1, -0.05) is 26.7 Å². The molecule has 18 heavy (non-hydrogen) atoms. The first-order valence-corrected chi connectivity index (χ1v) is 7.61. The van der Waals surface area contributed by atoms with E-state index in [4.69, 9.17) is 0 Å². The lowest BCUT2D eigenvalue weighted by molar-refractivity contribution is 0.271. The first-order chi connectivity index (χ1) is 8.85. The average Bonchev–Trinajstić information content (AvgIpc) is 2.88. The number of aromatic nitrogens is 2. The SMILES string of the molecule is CCCCNc1nccn1C1CCC(CC)CC1. The van der Waals surface area contributed by atoms with Crippen LogP contribution in [-0.2, 0) is 0 Å². The van der Waals surface area contributed by atoms with Crippen LogP contribution in [0, 0.1) is 5.92 Å². The van der Waals surface area contributed by atoms with Crippen LogP contribution in [0.25, 0.3) is 0 Å². The van der Waals surface area contributed by atoms with Crippen molar-refractivity contribution in [2.24, 2.45) is 5.92 Å². The Bertz CT molecular complexity index is 337. The zero-order valence-corrected chi connectivity index (χ0v) is 11.9. The maximum Gasteiger partial charge on any atom is 0.203 e. The Morgan fingerprint density at radius 1 is 1.28 bits per heavy atom. The molecule has 0 spiro atoms. The van der Waals surface area contributed by atoms with E-state index in [-0.39, 0.29) is 0 Å². The van der Waals surface area contributed by atoms with E-state index in [9.17, 15) is 0 Å². The third kappa shape index (κ3) is 3.27. The van der Waals surface area contributed by atoms with Crippen LogP contribution >= 0.6 is 0 Å². The van der Waals surface area contributed by atoms with Gasteiger partial charge in [0.2, 0.25) is 5.95 Å². The third-order valence-electron chi connectivity index (χ3n) is 4.27. The highest BCUT2D eigenvalue weighted by atomic mass is 15.2. The molecule has 1 aliphatic rings. The van der Waals surface area contributed by atoms with E-state index >= 15 is 0 Å². The van der Waals surface area contributed by atoms with Crippen LogP contribution in [0.4, 0.5) is 5.95 Å². The lowest BCUT2D eigenvalue weighted by Crippen LogP contribution is -2.19. The molecule has 102 valence electrons. The lowest BCUT2D eigenvalue weighted by atomic mass is 9.84. The fourth-order valence-electron chi connectivity index (χ4n) is 2.95. The molecule has 1 heterocycles. The van der Waals surface area contributed by atoms with Gasteiger partial charge in [-0.25, -0.2) is 4.98 Å². The molecule has 1 fully saturated rings. The minimum Gasteiger partial charge on any atom is -0.356 e. The summed E-state index contributed by atoms with van der Waals surface area (Å²) in [5.41, 5.74) is 0. The van der Waals surface area contributed by atoms with Crippen LogP contribution in [0.2, 0.25) is 0 Å². The second-order valence-corrected chi connectivity index (χ2v) is 5.52. The van der Waals surface area contributed by atoms with Gasteiger partial charge >= 0.3 is 0 Å². The summed E-state index contributed by atoms with van der Waals surface area (Å²) in [4.78, 5) is 4.45. The van der Waals surface area contributed by atoms with Gasteiger partial charge in [-0.3, -0.25) is 0 Å². The van der Waals surface area contributed by atoms with Crippen molar-refractivity contribution in [3.8, 4) is 0 Å². The molecule has 1 aromatic rings. The maximum atomic E-state index is 4.45. The van der Waals surface area contributed by atoms with E-state index < -0.39 is 0 Å². The molecule has 0 aliphatic heterocycles. The lowest BCUT2D eigenvalue weighted by Gasteiger charge is -2.29.